The Morgan fingerprint density at radius 1 is 1.11 bits per heavy atom. The molecule has 144 valence electrons. The van der Waals surface area contributed by atoms with Gasteiger partial charge in [0, 0.05) is 17.7 Å². The van der Waals surface area contributed by atoms with Crippen LogP contribution in [0, 0.1) is 0 Å². The summed E-state index contributed by atoms with van der Waals surface area (Å²) < 4.78 is 40.4. The Hall–Kier alpha value is -2.32. The van der Waals surface area contributed by atoms with E-state index in [9.17, 15) is 13.2 Å². The fourth-order valence-corrected chi connectivity index (χ4v) is 3.48. The molecule has 0 saturated carbocycles. The van der Waals surface area contributed by atoms with E-state index in [4.69, 9.17) is 12.2 Å². The van der Waals surface area contributed by atoms with E-state index in [1.165, 1.54) is 34.7 Å². The zero-order valence-electron chi connectivity index (χ0n) is 14.6. The largest absolute Gasteiger partial charge is 0.573 e. The van der Waals surface area contributed by atoms with Crippen molar-refractivity contribution >= 4 is 23.0 Å². The highest BCUT2D eigenvalue weighted by Gasteiger charge is 2.31. The Kier molecular flexibility index (Phi) is 6.18. The molecular weight excluding hydrogens is 375 g/mol. The number of alkyl halides is 3. The maximum atomic E-state index is 12.2. The van der Waals surface area contributed by atoms with Gasteiger partial charge in [-0.15, -0.1) is 13.2 Å². The van der Waals surface area contributed by atoms with Crippen molar-refractivity contribution in [2.45, 2.75) is 25.4 Å². The highest BCUT2D eigenvalue weighted by Crippen LogP contribution is 2.23. The minimum atomic E-state index is -4.69. The average molecular weight is 396 g/mol. The summed E-state index contributed by atoms with van der Waals surface area (Å²) in [6.45, 7) is 3.02. The van der Waals surface area contributed by atoms with E-state index in [1.54, 1.807) is 0 Å². The van der Waals surface area contributed by atoms with Crippen molar-refractivity contribution in [3.8, 4) is 5.75 Å². The molecule has 0 aliphatic carbocycles. The van der Waals surface area contributed by atoms with Gasteiger partial charge in [0.1, 0.15) is 12.3 Å². The Bertz CT molecular complexity index is 753. The summed E-state index contributed by atoms with van der Waals surface area (Å²) in [5, 5.41) is 6.75. The van der Waals surface area contributed by atoms with E-state index in [0.29, 0.717) is 10.8 Å². The zero-order valence-corrected chi connectivity index (χ0v) is 15.4. The summed E-state index contributed by atoms with van der Waals surface area (Å²) in [5.41, 5.74) is 1.92. The van der Waals surface area contributed by atoms with Crippen LogP contribution >= 0.6 is 12.2 Å². The fraction of sp³-hybridized carbons (Fsp3) is 0.316. The molecule has 3 N–H and O–H groups in total. The molecule has 1 saturated heterocycles. The summed E-state index contributed by atoms with van der Waals surface area (Å²) in [6, 6.07) is 16.1. The molecule has 2 atom stereocenters. The standard InChI is InChI=1S/C19H20F3N3OS/c20-19(21,22)26-17-8-6-15(7-9-17)23-18(27)24-16-10-11-25(13-16)12-14-4-2-1-3-5-14/h1-9,16H,10-13H2,(H2,23,24,27)/p+1/t16-/m1/s1. The molecule has 0 amide bonds. The number of hydrogen-bond acceptors (Lipinski definition) is 2. The van der Waals surface area contributed by atoms with Crippen molar-refractivity contribution < 1.29 is 22.8 Å². The van der Waals surface area contributed by atoms with Gasteiger partial charge < -0.3 is 20.3 Å². The molecule has 0 bridgehead atoms. The lowest BCUT2D eigenvalue weighted by Gasteiger charge is -2.16. The molecule has 0 spiro atoms. The monoisotopic (exact) mass is 396 g/mol. The number of hydrogen-bond donors (Lipinski definition) is 3. The summed E-state index contributed by atoms with van der Waals surface area (Å²) >= 11 is 5.32. The molecule has 4 nitrogen and oxygen atoms in total. The third-order valence-electron chi connectivity index (χ3n) is 4.36. The molecule has 1 aliphatic heterocycles. The van der Waals surface area contributed by atoms with Crippen LogP contribution in [0.25, 0.3) is 0 Å². The number of thiocarbonyl (C=S) groups is 1. The Morgan fingerprint density at radius 2 is 1.81 bits per heavy atom. The first-order valence-electron chi connectivity index (χ1n) is 8.68. The predicted octanol–water partition coefficient (Wildman–Crippen LogP) is 2.73. The van der Waals surface area contributed by atoms with Gasteiger partial charge in [0.15, 0.2) is 5.11 Å². The number of nitrogens with one attached hydrogen (secondary N) is 3. The lowest BCUT2D eigenvalue weighted by atomic mass is 10.2. The van der Waals surface area contributed by atoms with Crippen LogP contribution in [-0.4, -0.2) is 30.6 Å². The van der Waals surface area contributed by atoms with Gasteiger partial charge >= 0.3 is 6.36 Å². The van der Waals surface area contributed by atoms with Gasteiger partial charge in [-0.2, -0.15) is 0 Å². The molecule has 0 radical (unpaired) electrons. The summed E-state index contributed by atoms with van der Waals surface area (Å²) in [5.74, 6) is -0.261. The van der Waals surface area contributed by atoms with Crippen molar-refractivity contribution in [3.63, 3.8) is 0 Å². The van der Waals surface area contributed by atoms with Crippen LogP contribution in [0.15, 0.2) is 54.6 Å². The number of rotatable bonds is 5. The van der Waals surface area contributed by atoms with Gasteiger partial charge in [-0.25, -0.2) is 0 Å². The summed E-state index contributed by atoms with van der Waals surface area (Å²) in [6.07, 6.45) is -3.68. The van der Waals surface area contributed by atoms with Gasteiger partial charge in [0.05, 0.1) is 19.1 Å². The quantitative estimate of drug-likeness (QED) is 0.680. The summed E-state index contributed by atoms with van der Waals surface area (Å²) in [4.78, 5) is 1.50. The Labute approximate surface area is 161 Å². The zero-order chi connectivity index (χ0) is 19.3. The van der Waals surface area contributed by atoms with E-state index in [-0.39, 0.29) is 11.8 Å². The first kappa shape index (κ1) is 19.4. The summed E-state index contributed by atoms with van der Waals surface area (Å²) in [7, 11) is 0. The maximum absolute atomic E-state index is 12.2. The highest BCUT2D eigenvalue weighted by atomic mass is 32.1. The first-order chi connectivity index (χ1) is 12.9. The second-order valence-electron chi connectivity index (χ2n) is 6.52. The van der Waals surface area contributed by atoms with Gasteiger partial charge in [-0.1, -0.05) is 30.3 Å². The fourth-order valence-electron chi connectivity index (χ4n) is 3.19. The van der Waals surface area contributed by atoms with Crippen LogP contribution in [0.2, 0.25) is 0 Å². The van der Waals surface area contributed by atoms with Crippen LogP contribution < -0.4 is 20.3 Å². The SMILES string of the molecule is FC(F)(F)Oc1ccc(NC(=S)N[C@@H]2CC[NH+](Cc3ccccc3)C2)cc1. The molecule has 1 fully saturated rings. The third kappa shape index (κ3) is 6.41. The molecule has 2 aromatic rings. The van der Waals surface area contributed by atoms with Crippen molar-refractivity contribution in [3.05, 3.63) is 60.2 Å². The van der Waals surface area contributed by atoms with Crippen molar-refractivity contribution in [1.82, 2.24) is 5.32 Å². The normalized spacial score (nSPS) is 19.5. The molecule has 2 aromatic carbocycles. The van der Waals surface area contributed by atoms with Crippen molar-refractivity contribution in [2.24, 2.45) is 0 Å². The molecule has 1 unspecified atom stereocenters. The molecule has 1 heterocycles. The van der Waals surface area contributed by atoms with Crippen LogP contribution in [0.4, 0.5) is 18.9 Å². The van der Waals surface area contributed by atoms with Gasteiger partial charge in [0.2, 0.25) is 0 Å². The van der Waals surface area contributed by atoms with E-state index < -0.39 is 6.36 Å². The topological polar surface area (TPSA) is 37.7 Å². The molecule has 3 rings (SSSR count). The average Bonchev–Trinajstić information content (AvgIpc) is 3.03. The van der Waals surface area contributed by atoms with Gasteiger partial charge in [-0.05, 0) is 36.5 Å². The molecule has 0 aromatic heterocycles. The first-order valence-corrected chi connectivity index (χ1v) is 9.09. The molecule has 8 heteroatoms. The molecule has 27 heavy (non-hydrogen) atoms. The van der Waals surface area contributed by atoms with E-state index >= 15 is 0 Å². The highest BCUT2D eigenvalue weighted by molar-refractivity contribution is 7.80. The maximum Gasteiger partial charge on any atom is 0.573 e. The predicted molar refractivity (Wildman–Crippen MR) is 102 cm³/mol. The molecular formula is C19H21F3N3OS+. The minimum absolute atomic E-state index is 0.261. The number of benzene rings is 2. The molecule has 1 aliphatic rings. The van der Waals surface area contributed by atoms with E-state index in [0.717, 1.165) is 26.1 Å². The van der Waals surface area contributed by atoms with Gasteiger partial charge in [0.25, 0.3) is 0 Å². The second-order valence-corrected chi connectivity index (χ2v) is 6.93. The van der Waals surface area contributed by atoms with E-state index in [1.807, 2.05) is 18.2 Å². The number of ether oxygens (including phenoxy) is 1. The van der Waals surface area contributed by atoms with Crippen LogP contribution in [0.1, 0.15) is 12.0 Å². The Balaban J connectivity index is 1.44. The number of quaternary nitrogens is 1. The van der Waals surface area contributed by atoms with Crippen molar-refractivity contribution in [1.29, 1.82) is 0 Å². The van der Waals surface area contributed by atoms with E-state index in [2.05, 4.69) is 27.5 Å². The lowest BCUT2D eigenvalue weighted by molar-refractivity contribution is -0.901. The smallest absolute Gasteiger partial charge is 0.406 e. The number of halogens is 3. The minimum Gasteiger partial charge on any atom is -0.406 e. The Morgan fingerprint density at radius 3 is 2.48 bits per heavy atom. The second kappa shape index (κ2) is 8.58. The van der Waals surface area contributed by atoms with Gasteiger partial charge in [-0.3, -0.25) is 0 Å². The van der Waals surface area contributed by atoms with Crippen LogP contribution in [0.5, 0.6) is 5.75 Å². The third-order valence-corrected chi connectivity index (χ3v) is 4.58. The van der Waals surface area contributed by atoms with Crippen LogP contribution in [0.3, 0.4) is 0 Å². The lowest BCUT2D eigenvalue weighted by Crippen LogP contribution is -3.09. The number of likely N-dealkylation sites (tertiary alicyclic amines) is 1. The van der Waals surface area contributed by atoms with Crippen molar-refractivity contribution in [2.75, 3.05) is 18.4 Å². The van der Waals surface area contributed by atoms with Crippen LogP contribution in [-0.2, 0) is 6.54 Å². The number of anilines is 1.